The number of aliphatic hydroxyl groups is 1. The van der Waals surface area contributed by atoms with Gasteiger partial charge in [0.25, 0.3) is 0 Å². The molecule has 0 fully saturated rings. The Balaban J connectivity index is 4.52. The van der Waals surface area contributed by atoms with E-state index in [9.17, 15) is 0 Å². The lowest BCUT2D eigenvalue weighted by atomic mass is 10.3. The fraction of sp³-hybridized carbons (Fsp3) is 1.00. The van der Waals surface area contributed by atoms with Crippen molar-refractivity contribution in [2.24, 2.45) is 0 Å². The van der Waals surface area contributed by atoms with Crippen molar-refractivity contribution in [1.29, 1.82) is 0 Å². The number of rotatable bonds is 8. The molecule has 0 unspecified atom stereocenters. The normalized spacial score (nSPS) is 13.1. The van der Waals surface area contributed by atoms with Gasteiger partial charge in [0.15, 0.2) is 0 Å². The van der Waals surface area contributed by atoms with Crippen molar-refractivity contribution in [3.63, 3.8) is 0 Å². The molecule has 1 nitrogen and oxygen atoms in total. The lowest BCUT2D eigenvalue weighted by Crippen LogP contribution is -2.44. The van der Waals surface area contributed by atoms with Crippen molar-refractivity contribution in [2.45, 2.75) is 83.5 Å². The van der Waals surface area contributed by atoms with Gasteiger partial charge in [-0.1, -0.05) is 77.1 Å². The van der Waals surface area contributed by atoms with Gasteiger partial charge in [-0.25, -0.2) is 0 Å². The second-order valence-corrected chi connectivity index (χ2v) is 12.3. The Morgan fingerprint density at radius 1 is 0.750 bits per heavy atom. The van der Waals surface area contributed by atoms with Crippen molar-refractivity contribution >= 4 is 8.07 Å². The predicted molar refractivity (Wildman–Crippen MR) is 76.8 cm³/mol. The predicted octanol–water partition coefficient (Wildman–Crippen LogP) is 4.83. The van der Waals surface area contributed by atoms with E-state index in [4.69, 9.17) is 5.11 Å². The van der Waals surface area contributed by atoms with E-state index in [1.54, 1.807) is 0 Å². The fourth-order valence-electron chi connectivity index (χ4n) is 3.59. The van der Waals surface area contributed by atoms with Crippen molar-refractivity contribution in [2.75, 3.05) is 6.61 Å². The molecule has 0 aliphatic heterocycles. The van der Waals surface area contributed by atoms with Crippen LogP contribution in [0.2, 0.25) is 22.7 Å². The van der Waals surface area contributed by atoms with Crippen LogP contribution in [0.15, 0.2) is 0 Å². The lowest BCUT2D eigenvalue weighted by molar-refractivity contribution is 0.284. The SMILES string of the molecule is CC(C)[Si](CCCCCO)(C(C)C)C(C)C. The molecule has 0 atom stereocenters. The monoisotopic (exact) mass is 244 g/mol. The first-order valence-corrected chi connectivity index (χ1v) is 9.44. The van der Waals surface area contributed by atoms with Crippen molar-refractivity contribution in [1.82, 2.24) is 0 Å². The summed E-state index contributed by atoms with van der Waals surface area (Å²) in [6, 6.07) is 1.44. The van der Waals surface area contributed by atoms with Crippen LogP contribution in [0.5, 0.6) is 0 Å². The molecule has 0 radical (unpaired) electrons. The van der Waals surface area contributed by atoms with E-state index in [1.807, 2.05) is 0 Å². The maximum Gasteiger partial charge on any atom is 0.0612 e. The highest BCUT2D eigenvalue weighted by atomic mass is 28.3. The molecular weight excluding hydrogens is 212 g/mol. The standard InChI is InChI=1S/C14H32OSi/c1-12(2)16(13(3)4,14(5)6)11-9-7-8-10-15/h12-15H,7-11H2,1-6H3. The highest BCUT2D eigenvalue weighted by molar-refractivity contribution is 6.83. The summed E-state index contributed by atoms with van der Waals surface area (Å²) < 4.78 is 0. The first kappa shape index (κ1) is 16.2. The van der Waals surface area contributed by atoms with E-state index in [0.717, 1.165) is 23.0 Å². The van der Waals surface area contributed by atoms with Gasteiger partial charge in [-0.2, -0.15) is 0 Å². The van der Waals surface area contributed by atoms with E-state index in [0.29, 0.717) is 6.61 Å². The molecule has 1 N–H and O–H groups in total. The van der Waals surface area contributed by atoms with Gasteiger partial charge in [-0.15, -0.1) is 0 Å². The van der Waals surface area contributed by atoms with Crippen LogP contribution in [0.4, 0.5) is 0 Å². The Bertz CT molecular complexity index is 154. The minimum absolute atomic E-state index is 0.361. The Kier molecular flexibility index (Phi) is 7.58. The zero-order valence-electron chi connectivity index (χ0n) is 12.2. The maximum atomic E-state index is 8.83. The van der Waals surface area contributed by atoms with Gasteiger partial charge in [-0.05, 0) is 6.42 Å². The summed E-state index contributed by atoms with van der Waals surface area (Å²) in [5, 5.41) is 8.83. The molecule has 0 bridgehead atoms. The number of hydrogen-bond acceptors (Lipinski definition) is 1. The zero-order chi connectivity index (χ0) is 12.8. The van der Waals surface area contributed by atoms with E-state index in [1.165, 1.54) is 18.9 Å². The highest BCUT2D eigenvalue weighted by Gasteiger charge is 2.41. The molecule has 0 aromatic carbocycles. The largest absolute Gasteiger partial charge is 0.396 e. The van der Waals surface area contributed by atoms with Gasteiger partial charge >= 0.3 is 0 Å². The van der Waals surface area contributed by atoms with Gasteiger partial charge in [0.2, 0.25) is 0 Å². The minimum Gasteiger partial charge on any atom is -0.396 e. The second kappa shape index (κ2) is 7.49. The summed E-state index contributed by atoms with van der Waals surface area (Å²) in [7, 11) is -1.16. The van der Waals surface area contributed by atoms with Gasteiger partial charge in [0.1, 0.15) is 0 Å². The molecule has 0 spiro atoms. The molecular formula is C14H32OSi. The van der Waals surface area contributed by atoms with E-state index < -0.39 is 8.07 Å². The average molecular weight is 244 g/mol. The van der Waals surface area contributed by atoms with Crippen LogP contribution in [0.25, 0.3) is 0 Å². The van der Waals surface area contributed by atoms with Crippen LogP contribution >= 0.6 is 0 Å². The summed E-state index contributed by atoms with van der Waals surface area (Å²) in [6.45, 7) is 14.9. The molecule has 0 saturated carbocycles. The fourth-order valence-corrected chi connectivity index (χ4v) is 10.2. The van der Waals surface area contributed by atoms with Gasteiger partial charge < -0.3 is 5.11 Å². The first-order chi connectivity index (χ1) is 7.39. The van der Waals surface area contributed by atoms with Crippen LogP contribution in [-0.2, 0) is 0 Å². The maximum absolute atomic E-state index is 8.83. The molecule has 98 valence electrons. The quantitative estimate of drug-likeness (QED) is 0.479. The van der Waals surface area contributed by atoms with Gasteiger partial charge in [-0.3, -0.25) is 0 Å². The van der Waals surface area contributed by atoms with Crippen molar-refractivity contribution in [3.8, 4) is 0 Å². The Morgan fingerprint density at radius 3 is 1.50 bits per heavy atom. The first-order valence-electron chi connectivity index (χ1n) is 7.00. The summed E-state index contributed by atoms with van der Waals surface area (Å²) in [5.74, 6) is 0. The minimum atomic E-state index is -1.16. The molecule has 0 amide bonds. The summed E-state index contributed by atoms with van der Waals surface area (Å²) >= 11 is 0. The van der Waals surface area contributed by atoms with E-state index >= 15 is 0 Å². The van der Waals surface area contributed by atoms with Crippen LogP contribution < -0.4 is 0 Å². The lowest BCUT2D eigenvalue weighted by Gasteiger charge is -2.43. The van der Waals surface area contributed by atoms with Gasteiger partial charge in [0, 0.05) is 6.61 Å². The second-order valence-electron chi connectivity index (χ2n) is 6.11. The molecule has 0 aromatic heterocycles. The topological polar surface area (TPSA) is 20.2 Å². The van der Waals surface area contributed by atoms with Crippen molar-refractivity contribution in [3.05, 3.63) is 0 Å². The molecule has 0 saturated heterocycles. The number of hydrogen-bond donors (Lipinski definition) is 1. The van der Waals surface area contributed by atoms with Crippen LogP contribution in [-0.4, -0.2) is 19.8 Å². The zero-order valence-corrected chi connectivity index (χ0v) is 13.2. The summed E-state index contributed by atoms with van der Waals surface area (Å²) in [6.07, 6.45) is 3.51. The van der Waals surface area contributed by atoms with E-state index in [-0.39, 0.29) is 0 Å². The number of aliphatic hydroxyl groups excluding tert-OH is 1. The third kappa shape index (κ3) is 3.88. The average Bonchev–Trinajstić information content (AvgIpc) is 2.16. The Hall–Kier alpha value is 0.177. The molecule has 0 aromatic rings. The van der Waals surface area contributed by atoms with Crippen LogP contribution in [0, 0.1) is 0 Å². The highest BCUT2D eigenvalue weighted by Crippen LogP contribution is 2.45. The third-order valence-electron chi connectivity index (χ3n) is 4.49. The molecule has 16 heavy (non-hydrogen) atoms. The van der Waals surface area contributed by atoms with Gasteiger partial charge in [0.05, 0.1) is 8.07 Å². The third-order valence-corrected chi connectivity index (χ3v) is 12.2. The summed E-state index contributed by atoms with van der Waals surface area (Å²) in [4.78, 5) is 0. The number of unbranched alkanes of at least 4 members (excludes halogenated alkanes) is 2. The van der Waals surface area contributed by atoms with Crippen LogP contribution in [0.1, 0.15) is 60.8 Å². The Labute approximate surface area is 104 Å². The molecule has 0 aliphatic carbocycles. The molecule has 0 aliphatic rings. The van der Waals surface area contributed by atoms with E-state index in [2.05, 4.69) is 41.5 Å². The smallest absolute Gasteiger partial charge is 0.0612 e. The summed E-state index contributed by atoms with van der Waals surface area (Å²) in [5.41, 5.74) is 2.63. The van der Waals surface area contributed by atoms with Crippen molar-refractivity contribution < 1.29 is 5.11 Å². The Morgan fingerprint density at radius 2 is 1.19 bits per heavy atom. The molecule has 2 heteroatoms. The molecule has 0 heterocycles. The van der Waals surface area contributed by atoms with Crippen LogP contribution in [0.3, 0.4) is 0 Å². The molecule has 0 rings (SSSR count).